The number of rotatable bonds is 4. The van der Waals surface area contributed by atoms with Crippen LogP contribution in [0.15, 0.2) is 22.9 Å². The molecule has 2 rings (SSSR count). The highest BCUT2D eigenvalue weighted by Crippen LogP contribution is 2.20. The molecule has 7 nitrogen and oxygen atoms in total. The number of oxime groups is 1. The third-order valence-electron chi connectivity index (χ3n) is 2.67. The molecule has 0 unspecified atom stereocenters. The topological polar surface area (TPSA) is 101 Å². The van der Waals surface area contributed by atoms with E-state index in [9.17, 15) is 0 Å². The highest BCUT2D eigenvalue weighted by atomic mass is 32.1. The van der Waals surface area contributed by atoms with Gasteiger partial charge < -0.3 is 15.8 Å². The Balaban J connectivity index is 2.29. The largest absolute Gasteiger partial charge is 0.409 e. The molecule has 100 valence electrons. The van der Waals surface area contributed by atoms with Gasteiger partial charge in [-0.25, -0.2) is 4.98 Å². The summed E-state index contributed by atoms with van der Waals surface area (Å²) < 4.78 is 0. The van der Waals surface area contributed by atoms with E-state index in [1.54, 1.807) is 22.9 Å². The lowest BCUT2D eigenvalue weighted by atomic mass is 10.2. The van der Waals surface area contributed by atoms with Crippen LogP contribution in [0, 0.1) is 6.92 Å². The maximum absolute atomic E-state index is 8.78. The molecule has 0 saturated heterocycles. The van der Waals surface area contributed by atoms with Gasteiger partial charge in [0.1, 0.15) is 0 Å². The number of aromatic nitrogens is 3. The molecule has 0 fully saturated rings. The highest BCUT2D eigenvalue weighted by molar-refractivity contribution is 7.09. The zero-order valence-electron chi connectivity index (χ0n) is 10.6. The fraction of sp³-hybridized carbons (Fsp3) is 0.273. The summed E-state index contributed by atoms with van der Waals surface area (Å²) in [5.41, 5.74) is 8.97. The zero-order valence-corrected chi connectivity index (χ0v) is 11.4. The molecule has 0 spiro atoms. The smallest absolute Gasteiger partial charge is 0.173 e. The Morgan fingerprint density at radius 2 is 2.37 bits per heavy atom. The first-order chi connectivity index (χ1) is 9.13. The Morgan fingerprint density at radius 3 is 3.00 bits per heavy atom. The SMILES string of the molecule is Cc1ncsc1CN(C)c1nnccc1/C(N)=N/O. The van der Waals surface area contributed by atoms with Crippen LogP contribution in [0.3, 0.4) is 0 Å². The Bertz CT molecular complexity index is 596. The molecule has 0 aromatic carbocycles. The Labute approximate surface area is 114 Å². The second kappa shape index (κ2) is 5.61. The monoisotopic (exact) mass is 278 g/mol. The minimum absolute atomic E-state index is 0.0118. The average molecular weight is 278 g/mol. The van der Waals surface area contributed by atoms with Crippen molar-refractivity contribution in [3.8, 4) is 0 Å². The molecule has 0 aliphatic rings. The Kier molecular flexibility index (Phi) is 3.91. The van der Waals surface area contributed by atoms with Gasteiger partial charge in [-0.2, -0.15) is 5.10 Å². The molecule has 2 heterocycles. The van der Waals surface area contributed by atoms with Crippen molar-refractivity contribution in [1.29, 1.82) is 0 Å². The lowest BCUT2D eigenvalue weighted by molar-refractivity contribution is 0.318. The number of nitrogens with zero attached hydrogens (tertiary/aromatic N) is 5. The second-order valence-electron chi connectivity index (χ2n) is 3.97. The summed E-state index contributed by atoms with van der Waals surface area (Å²) in [6.07, 6.45) is 1.50. The van der Waals surface area contributed by atoms with Crippen LogP contribution in [0.4, 0.5) is 5.82 Å². The van der Waals surface area contributed by atoms with Crippen molar-refractivity contribution in [2.45, 2.75) is 13.5 Å². The number of nitrogens with two attached hydrogens (primary N) is 1. The van der Waals surface area contributed by atoms with Gasteiger partial charge in [-0.3, -0.25) is 0 Å². The van der Waals surface area contributed by atoms with Gasteiger partial charge >= 0.3 is 0 Å². The molecule has 0 amide bonds. The van der Waals surface area contributed by atoms with Crippen LogP contribution in [0.5, 0.6) is 0 Å². The highest BCUT2D eigenvalue weighted by Gasteiger charge is 2.14. The predicted molar refractivity (Wildman–Crippen MR) is 73.5 cm³/mol. The summed E-state index contributed by atoms with van der Waals surface area (Å²) in [7, 11) is 1.87. The van der Waals surface area contributed by atoms with Gasteiger partial charge in [0.05, 0.1) is 29.5 Å². The van der Waals surface area contributed by atoms with Crippen molar-refractivity contribution in [1.82, 2.24) is 15.2 Å². The first kappa shape index (κ1) is 13.2. The van der Waals surface area contributed by atoms with Crippen molar-refractivity contribution in [2.75, 3.05) is 11.9 Å². The van der Waals surface area contributed by atoms with Gasteiger partial charge in [0.2, 0.25) is 0 Å². The molecular weight excluding hydrogens is 264 g/mol. The summed E-state index contributed by atoms with van der Waals surface area (Å²) in [5, 5.41) is 19.7. The van der Waals surface area contributed by atoms with Crippen LogP contribution < -0.4 is 10.6 Å². The van der Waals surface area contributed by atoms with E-state index in [4.69, 9.17) is 10.9 Å². The van der Waals surface area contributed by atoms with Crippen LogP contribution in [0.25, 0.3) is 0 Å². The molecular formula is C11H14N6OS. The summed E-state index contributed by atoms with van der Waals surface area (Å²) in [6.45, 7) is 2.60. The minimum Gasteiger partial charge on any atom is -0.409 e. The molecule has 8 heteroatoms. The van der Waals surface area contributed by atoms with E-state index in [2.05, 4.69) is 20.3 Å². The van der Waals surface area contributed by atoms with Crippen molar-refractivity contribution in [2.24, 2.45) is 10.9 Å². The second-order valence-corrected chi connectivity index (χ2v) is 4.91. The molecule has 0 saturated carbocycles. The van der Waals surface area contributed by atoms with Gasteiger partial charge in [-0.15, -0.1) is 16.4 Å². The number of anilines is 1. The number of aryl methyl sites for hydroxylation is 1. The fourth-order valence-electron chi connectivity index (χ4n) is 1.63. The molecule has 0 aliphatic heterocycles. The number of amidine groups is 1. The average Bonchev–Trinajstić information content (AvgIpc) is 2.83. The number of hydrogen-bond donors (Lipinski definition) is 2. The Hall–Kier alpha value is -2.22. The molecule has 19 heavy (non-hydrogen) atoms. The summed E-state index contributed by atoms with van der Waals surface area (Å²) in [4.78, 5) is 7.23. The van der Waals surface area contributed by atoms with E-state index in [1.165, 1.54) is 6.20 Å². The van der Waals surface area contributed by atoms with Crippen LogP contribution in [0.2, 0.25) is 0 Å². The standard InChI is InChI=1S/C11H14N6OS/c1-7-9(19-6-13-7)5-17(2)11-8(10(12)16-18)3-4-14-15-11/h3-4,6,18H,5H2,1-2H3,(H2,12,16). The van der Waals surface area contributed by atoms with Gasteiger partial charge in [0, 0.05) is 11.9 Å². The van der Waals surface area contributed by atoms with Crippen LogP contribution in [-0.2, 0) is 6.54 Å². The molecule has 2 aromatic rings. The first-order valence-corrected chi connectivity index (χ1v) is 6.41. The van der Waals surface area contributed by atoms with Gasteiger partial charge in [-0.1, -0.05) is 5.16 Å². The van der Waals surface area contributed by atoms with Crippen molar-refractivity contribution in [3.63, 3.8) is 0 Å². The minimum atomic E-state index is 0.0118. The molecule has 2 aromatic heterocycles. The summed E-state index contributed by atoms with van der Waals surface area (Å²) in [6, 6.07) is 1.66. The molecule has 0 bridgehead atoms. The maximum atomic E-state index is 8.78. The van der Waals surface area contributed by atoms with E-state index in [-0.39, 0.29) is 5.84 Å². The van der Waals surface area contributed by atoms with Gasteiger partial charge in [0.25, 0.3) is 0 Å². The van der Waals surface area contributed by atoms with E-state index in [0.29, 0.717) is 17.9 Å². The van der Waals surface area contributed by atoms with Crippen molar-refractivity contribution < 1.29 is 5.21 Å². The van der Waals surface area contributed by atoms with Crippen LogP contribution >= 0.6 is 11.3 Å². The molecule has 0 atom stereocenters. The van der Waals surface area contributed by atoms with E-state index >= 15 is 0 Å². The van der Waals surface area contributed by atoms with E-state index < -0.39 is 0 Å². The van der Waals surface area contributed by atoms with E-state index in [1.807, 2.05) is 18.9 Å². The van der Waals surface area contributed by atoms with Crippen LogP contribution in [-0.4, -0.2) is 33.3 Å². The van der Waals surface area contributed by atoms with Crippen molar-refractivity contribution in [3.05, 3.63) is 33.9 Å². The van der Waals surface area contributed by atoms with Crippen LogP contribution in [0.1, 0.15) is 16.1 Å². The number of hydrogen-bond acceptors (Lipinski definition) is 7. The molecule has 0 aliphatic carbocycles. The third kappa shape index (κ3) is 2.79. The normalized spacial score (nSPS) is 11.6. The number of thiazole rings is 1. The molecule has 3 N–H and O–H groups in total. The fourth-order valence-corrected chi connectivity index (χ4v) is 2.46. The Morgan fingerprint density at radius 1 is 1.58 bits per heavy atom. The van der Waals surface area contributed by atoms with Crippen molar-refractivity contribution >= 4 is 23.0 Å². The third-order valence-corrected chi connectivity index (χ3v) is 3.59. The summed E-state index contributed by atoms with van der Waals surface area (Å²) in [5.74, 6) is 0.573. The van der Waals surface area contributed by atoms with Gasteiger partial charge in [-0.05, 0) is 13.0 Å². The lowest BCUT2D eigenvalue weighted by Gasteiger charge is -2.19. The zero-order chi connectivity index (χ0) is 13.8. The predicted octanol–water partition coefficient (Wildman–Crippen LogP) is 0.972. The lowest BCUT2D eigenvalue weighted by Crippen LogP contribution is -2.24. The summed E-state index contributed by atoms with van der Waals surface area (Å²) >= 11 is 1.58. The molecule has 0 radical (unpaired) electrons. The first-order valence-electron chi connectivity index (χ1n) is 5.53. The maximum Gasteiger partial charge on any atom is 0.173 e. The van der Waals surface area contributed by atoms with E-state index in [0.717, 1.165) is 10.6 Å². The van der Waals surface area contributed by atoms with Gasteiger partial charge in [0.15, 0.2) is 11.7 Å². The quantitative estimate of drug-likeness (QED) is 0.374.